The molecule has 0 bridgehead atoms. The van der Waals surface area contributed by atoms with Crippen LogP contribution < -0.4 is 0 Å². The molecule has 14 heavy (non-hydrogen) atoms. The molecule has 1 aliphatic heterocycles. The minimum Gasteiger partial charge on any atom is -0.299 e. The van der Waals surface area contributed by atoms with E-state index in [1.54, 1.807) is 24.2 Å². The van der Waals surface area contributed by atoms with Gasteiger partial charge in [0.1, 0.15) is 5.78 Å². The second-order valence-corrected chi connectivity index (χ2v) is 4.15. The SMILES string of the molecule is O=C1CC=C(C2=CC=NC=CS2)CC1. The summed E-state index contributed by atoms with van der Waals surface area (Å²) in [6, 6.07) is 0. The van der Waals surface area contributed by atoms with Gasteiger partial charge in [0.2, 0.25) is 0 Å². The molecule has 1 aliphatic carbocycles. The van der Waals surface area contributed by atoms with Crippen LogP contribution in [0.25, 0.3) is 0 Å². The highest BCUT2D eigenvalue weighted by molar-refractivity contribution is 8.06. The Kier molecular flexibility index (Phi) is 2.99. The summed E-state index contributed by atoms with van der Waals surface area (Å²) >= 11 is 1.67. The van der Waals surface area contributed by atoms with Crippen LogP contribution in [0.4, 0.5) is 0 Å². The lowest BCUT2D eigenvalue weighted by molar-refractivity contribution is -0.118. The van der Waals surface area contributed by atoms with E-state index in [1.165, 1.54) is 10.5 Å². The average Bonchev–Trinajstić information content (AvgIpc) is 2.47. The quantitative estimate of drug-likeness (QED) is 0.658. The molecular weight excluding hydrogens is 194 g/mol. The van der Waals surface area contributed by atoms with Crippen molar-refractivity contribution in [2.75, 3.05) is 0 Å². The Morgan fingerprint density at radius 2 is 2.29 bits per heavy atom. The zero-order valence-electron chi connectivity index (χ0n) is 7.77. The number of carbonyl (C=O) groups excluding carboxylic acids is 1. The van der Waals surface area contributed by atoms with Crippen molar-refractivity contribution in [3.8, 4) is 0 Å². The highest BCUT2D eigenvalue weighted by Gasteiger charge is 2.13. The van der Waals surface area contributed by atoms with Gasteiger partial charge in [0.05, 0.1) is 0 Å². The number of hydrogen-bond acceptors (Lipinski definition) is 3. The number of allylic oxidation sites excluding steroid dienone is 3. The summed E-state index contributed by atoms with van der Waals surface area (Å²) in [6.07, 6.45) is 9.77. The summed E-state index contributed by atoms with van der Waals surface area (Å²) in [7, 11) is 0. The second-order valence-electron chi connectivity index (χ2n) is 3.20. The first kappa shape index (κ1) is 9.46. The third kappa shape index (κ3) is 2.23. The number of nitrogens with zero attached hydrogens (tertiary/aromatic N) is 1. The van der Waals surface area contributed by atoms with E-state index in [4.69, 9.17) is 0 Å². The normalized spacial score (nSPS) is 21.6. The van der Waals surface area contributed by atoms with Crippen LogP contribution in [0.2, 0.25) is 0 Å². The number of hydrogen-bond donors (Lipinski definition) is 0. The third-order valence-corrected chi connectivity index (χ3v) is 3.13. The number of ketones is 1. The van der Waals surface area contributed by atoms with Crippen LogP contribution in [0.3, 0.4) is 0 Å². The molecule has 0 unspecified atom stereocenters. The van der Waals surface area contributed by atoms with E-state index >= 15 is 0 Å². The molecule has 0 radical (unpaired) electrons. The van der Waals surface area contributed by atoms with Crippen LogP contribution in [0.1, 0.15) is 19.3 Å². The Hall–Kier alpha value is -1.09. The molecule has 0 saturated carbocycles. The van der Waals surface area contributed by atoms with Crippen molar-refractivity contribution < 1.29 is 4.79 Å². The summed E-state index contributed by atoms with van der Waals surface area (Å²) < 4.78 is 0. The first-order chi connectivity index (χ1) is 6.86. The monoisotopic (exact) mass is 205 g/mol. The van der Waals surface area contributed by atoms with Gasteiger partial charge in [-0.25, -0.2) is 0 Å². The Bertz CT molecular complexity index is 363. The van der Waals surface area contributed by atoms with E-state index in [1.807, 2.05) is 17.6 Å². The van der Waals surface area contributed by atoms with Gasteiger partial charge >= 0.3 is 0 Å². The minimum absolute atomic E-state index is 0.345. The molecule has 0 atom stereocenters. The van der Waals surface area contributed by atoms with E-state index in [9.17, 15) is 4.79 Å². The zero-order valence-corrected chi connectivity index (χ0v) is 8.59. The van der Waals surface area contributed by atoms with Gasteiger partial charge in [-0.3, -0.25) is 9.79 Å². The fraction of sp³-hybridized carbons (Fsp3) is 0.273. The van der Waals surface area contributed by atoms with Gasteiger partial charge in [0.25, 0.3) is 0 Å². The lowest BCUT2D eigenvalue weighted by Gasteiger charge is -2.13. The standard InChI is InChI=1S/C11H11NOS/c13-10-3-1-9(2-4-10)11-5-6-12-7-8-14-11/h1,5-8H,2-4H2. The van der Waals surface area contributed by atoms with Gasteiger partial charge in [0.15, 0.2) is 0 Å². The van der Waals surface area contributed by atoms with E-state index in [0.29, 0.717) is 18.6 Å². The molecule has 1 heterocycles. The summed E-state index contributed by atoms with van der Waals surface area (Å²) in [4.78, 5) is 16.3. The van der Waals surface area contributed by atoms with Crippen molar-refractivity contribution in [1.29, 1.82) is 0 Å². The fourth-order valence-electron chi connectivity index (χ4n) is 1.46. The van der Waals surface area contributed by atoms with Crippen LogP contribution in [0.15, 0.2) is 39.2 Å². The first-order valence-corrected chi connectivity index (χ1v) is 5.50. The third-order valence-electron chi connectivity index (χ3n) is 2.22. The Balaban J connectivity index is 2.15. The zero-order chi connectivity index (χ0) is 9.80. The lowest BCUT2D eigenvalue weighted by Crippen LogP contribution is -2.04. The van der Waals surface area contributed by atoms with Crippen LogP contribution in [0, 0.1) is 0 Å². The molecule has 3 heteroatoms. The Morgan fingerprint density at radius 3 is 3.07 bits per heavy atom. The van der Waals surface area contributed by atoms with Crippen molar-refractivity contribution in [1.82, 2.24) is 0 Å². The minimum atomic E-state index is 0.345. The highest BCUT2D eigenvalue weighted by atomic mass is 32.2. The number of aliphatic imine (C=N–C) groups is 1. The van der Waals surface area contributed by atoms with Crippen LogP contribution in [-0.2, 0) is 4.79 Å². The molecule has 0 aromatic heterocycles. The number of carbonyl (C=O) groups is 1. The number of thioether (sulfide) groups is 1. The predicted octanol–water partition coefficient (Wildman–Crippen LogP) is 2.84. The molecule has 0 N–H and O–H groups in total. The molecule has 0 amide bonds. The summed E-state index contributed by atoms with van der Waals surface area (Å²) in [5, 5.41) is 1.96. The molecule has 0 spiro atoms. The summed E-state index contributed by atoms with van der Waals surface area (Å²) in [5.74, 6) is 0.345. The molecule has 2 aliphatic rings. The van der Waals surface area contributed by atoms with Crippen molar-refractivity contribution in [2.45, 2.75) is 19.3 Å². The van der Waals surface area contributed by atoms with Crippen molar-refractivity contribution in [3.63, 3.8) is 0 Å². The first-order valence-electron chi connectivity index (χ1n) is 4.62. The predicted molar refractivity (Wildman–Crippen MR) is 60.2 cm³/mol. The lowest BCUT2D eigenvalue weighted by atomic mass is 9.98. The maximum Gasteiger partial charge on any atom is 0.137 e. The highest BCUT2D eigenvalue weighted by Crippen LogP contribution is 2.31. The van der Waals surface area contributed by atoms with Gasteiger partial charge < -0.3 is 0 Å². The molecule has 72 valence electrons. The average molecular weight is 205 g/mol. The van der Waals surface area contributed by atoms with E-state index in [-0.39, 0.29) is 0 Å². The number of Topliss-reactive ketones (excluding diaryl/α,β-unsaturated/α-hetero) is 1. The van der Waals surface area contributed by atoms with E-state index in [0.717, 1.165) is 6.42 Å². The van der Waals surface area contributed by atoms with Crippen LogP contribution in [-0.4, -0.2) is 12.0 Å². The fourth-order valence-corrected chi connectivity index (χ4v) is 2.21. The van der Waals surface area contributed by atoms with Gasteiger partial charge in [-0.15, -0.1) is 0 Å². The van der Waals surface area contributed by atoms with Crippen molar-refractivity contribution in [2.24, 2.45) is 4.99 Å². The van der Waals surface area contributed by atoms with E-state index in [2.05, 4.69) is 4.99 Å². The smallest absolute Gasteiger partial charge is 0.137 e. The van der Waals surface area contributed by atoms with Crippen molar-refractivity contribution >= 4 is 23.8 Å². The van der Waals surface area contributed by atoms with Crippen LogP contribution in [0.5, 0.6) is 0 Å². The Labute approximate surface area is 87.5 Å². The number of rotatable bonds is 1. The summed E-state index contributed by atoms with van der Waals surface area (Å²) in [5.41, 5.74) is 1.28. The molecule has 2 rings (SSSR count). The second kappa shape index (κ2) is 4.42. The maximum absolute atomic E-state index is 11.0. The molecule has 0 aromatic rings. The van der Waals surface area contributed by atoms with Gasteiger partial charge in [0, 0.05) is 30.2 Å². The Morgan fingerprint density at radius 1 is 1.36 bits per heavy atom. The molecule has 2 nitrogen and oxygen atoms in total. The van der Waals surface area contributed by atoms with E-state index < -0.39 is 0 Å². The van der Waals surface area contributed by atoms with Gasteiger partial charge in [-0.1, -0.05) is 17.8 Å². The molecular formula is C11H11NOS. The van der Waals surface area contributed by atoms with Crippen molar-refractivity contribution in [3.05, 3.63) is 34.2 Å². The largest absolute Gasteiger partial charge is 0.299 e. The van der Waals surface area contributed by atoms with Gasteiger partial charge in [-0.2, -0.15) is 0 Å². The molecule has 0 fully saturated rings. The van der Waals surface area contributed by atoms with Gasteiger partial charge in [-0.05, 0) is 23.5 Å². The maximum atomic E-state index is 11.0. The molecule has 0 saturated heterocycles. The van der Waals surface area contributed by atoms with Crippen LogP contribution >= 0.6 is 11.8 Å². The summed E-state index contributed by atoms with van der Waals surface area (Å²) in [6.45, 7) is 0. The topological polar surface area (TPSA) is 29.4 Å². The molecule has 0 aromatic carbocycles.